The second kappa shape index (κ2) is 6.84. The van der Waals surface area contributed by atoms with E-state index in [2.05, 4.69) is 23.0 Å². The number of pyridine rings is 1. The fraction of sp³-hybridized carbons (Fsp3) is 0.500. The predicted octanol–water partition coefficient (Wildman–Crippen LogP) is 4.17. The molecule has 2 aromatic rings. The van der Waals surface area contributed by atoms with Gasteiger partial charge in [-0.2, -0.15) is 0 Å². The molecule has 1 saturated heterocycles. The Morgan fingerprint density at radius 2 is 2.09 bits per heavy atom. The number of likely N-dealkylation sites (tertiary alicyclic amines) is 1. The van der Waals surface area contributed by atoms with Crippen LogP contribution in [0.1, 0.15) is 24.8 Å². The van der Waals surface area contributed by atoms with Gasteiger partial charge in [-0.3, -0.25) is 4.98 Å². The average molecular weight is 319 g/mol. The third kappa shape index (κ3) is 3.36. The lowest BCUT2D eigenvalue weighted by Gasteiger charge is -2.29. The third-order valence-corrected chi connectivity index (χ3v) is 5.10. The lowest BCUT2D eigenvalue weighted by Crippen LogP contribution is -2.30. The second-order valence-electron chi connectivity index (χ2n) is 6.25. The van der Waals surface area contributed by atoms with Crippen molar-refractivity contribution < 1.29 is 4.74 Å². The van der Waals surface area contributed by atoms with Gasteiger partial charge in [-0.1, -0.05) is 11.6 Å². The van der Waals surface area contributed by atoms with Crippen LogP contribution in [-0.2, 0) is 6.42 Å². The van der Waals surface area contributed by atoms with Crippen LogP contribution in [0.2, 0.25) is 5.02 Å². The van der Waals surface area contributed by atoms with Crippen molar-refractivity contribution in [1.82, 2.24) is 9.88 Å². The van der Waals surface area contributed by atoms with Crippen molar-refractivity contribution in [3.8, 4) is 5.75 Å². The number of methoxy groups -OCH3 is 1. The molecule has 0 radical (unpaired) electrons. The number of hydrogen-bond acceptors (Lipinski definition) is 3. The molecule has 1 fully saturated rings. The third-order valence-electron chi connectivity index (χ3n) is 4.77. The Labute approximate surface area is 137 Å². The largest absolute Gasteiger partial charge is 0.497 e. The summed E-state index contributed by atoms with van der Waals surface area (Å²) in [6.07, 6.45) is 6.57. The molecule has 1 aliphatic rings. The summed E-state index contributed by atoms with van der Waals surface area (Å²) < 4.78 is 5.35. The molecule has 0 saturated carbocycles. The fourth-order valence-electron chi connectivity index (χ4n) is 3.28. The molecule has 22 heavy (non-hydrogen) atoms. The highest BCUT2D eigenvalue weighted by Crippen LogP contribution is 2.30. The number of aromatic nitrogens is 1. The Bertz CT molecular complexity index is 651. The Morgan fingerprint density at radius 1 is 1.32 bits per heavy atom. The Balaban J connectivity index is 1.81. The zero-order valence-electron chi connectivity index (χ0n) is 13.3. The molecule has 0 amide bonds. The lowest BCUT2D eigenvalue weighted by atomic mass is 9.90. The van der Waals surface area contributed by atoms with Crippen LogP contribution in [-0.4, -0.2) is 37.1 Å². The molecule has 1 aromatic heterocycles. The molecule has 0 atom stereocenters. The van der Waals surface area contributed by atoms with E-state index in [4.69, 9.17) is 16.3 Å². The van der Waals surface area contributed by atoms with E-state index in [0.717, 1.165) is 34.0 Å². The quantitative estimate of drug-likeness (QED) is 0.846. The number of halogens is 1. The summed E-state index contributed by atoms with van der Waals surface area (Å²) in [4.78, 5) is 6.84. The van der Waals surface area contributed by atoms with Crippen molar-refractivity contribution in [3.05, 3.63) is 35.0 Å². The summed E-state index contributed by atoms with van der Waals surface area (Å²) in [7, 11) is 3.90. The van der Waals surface area contributed by atoms with E-state index in [-0.39, 0.29) is 0 Å². The van der Waals surface area contributed by atoms with Gasteiger partial charge in [0.2, 0.25) is 0 Å². The van der Waals surface area contributed by atoms with Gasteiger partial charge in [0.05, 0.1) is 17.6 Å². The van der Waals surface area contributed by atoms with E-state index in [0.29, 0.717) is 0 Å². The minimum absolute atomic E-state index is 0.772. The first-order valence-electron chi connectivity index (χ1n) is 7.97. The van der Waals surface area contributed by atoms with Gasteiger partial charge in [0.15, 0.2) is 0 Å². The van der Waals surface area contributed by atoms with Crippen LogP contribution >= 0.6 is 11.6 Å². The SMILES string of the molecule is COc1ccc2ncc(Cl)c(CCC3CCN(C)CC3)c2c1. The Hall–Kier alpha value is -1.32. The predicted molar refractivity (Wildman–Crippen MR) is 91.8 cm³/mol. The Kier molecular flexibility index (Phi) is 4.84. The van der Waals surface area contributed by atoms with Crippen molar-refractivity contribution in [2.45, 2.75) is 25.7 Å². The van der Waals surface area contributed by atoms with Gasteiger partial charge >= 0.3 is 0 Å². The molecule has 4 heteroatoms. The van der Waals surface area contributed by atoms with Crippen LogP contribution in [0, 0.1) is 5.92 Å². The highest BCUT2D eigenvalue weighted by atomic mass is 35.5. The van der Waals surface area contributed by atoms with Crippen molar-refractivity contribution in [3.63, 3.8) is 0 Å². The Morgan fingerprint density at radius 3 is 2.82 bits per heavy atom. The first-order valence-corrected chi connectivity index (χ1v) is 8.35. The molecule has 118 valence electrons. The topological polar surface area (TPSA) is 25.4 Å². The number of aryl methyl sites for hydroxylation is 1. The molecule has 0 N–H and O–H groups in total. The molecule has 3 rings (SSSR count). The summed E-state index contributed by atoms with van der Waals surface area (Å²) in [6.45, 7) is 2.42. The van der Waals surface area contributed by atoms with Gasteiger partial charge < -0.3 is 9.64 Å². The highest BCUT2D eigenvalue weighted by molar-refractivity contribution is 6.32. The number of nitrogens with zero attached hydrogens (tertiary/aromatic N) is 2. The van der Waals surface area contributed by atoms with Crippen LogP contribution < -0.4 is 4.74 Å². The standard InChI is InChI=1S/C18H23ClN2O/c1-21-9-7-13(8-10-21)3-5-15-16-11-14(22-2)4-6-18(16)20-12-17(15)19/h4,6,11-13H,3,5,7-10H2,1-2H3. The van der Waals surface area contributed by atoms with E-state index in [1.54, 1.807) is 13.3 Å². The maximum absolute atomic E-state index is 6.43. The normalized spacial score (nSPS) is 17.0. The van der Waals surface area contributed by atoms with E-state index in [1.807, 2.05) is 12.1 Å². The molecule has 3 nitrogen and oxygen atoms in total. The number of fused-ring (bicyclic) bond motifs is 1. The maximum atomic E-state index is 6.43. The fourth-order valence-corrected chi connectivity index (χ4v) is 3.53. The molecule has 2 heterocycles. The van der Waals surface area contributed by atoms with Crippen molar-refractivity contribution in [2.75, 3.05) is 27.2 Å². The van der Waals surface area contributed by atoms with Gasteiger partial charge in [0, 0.05) is 11.6 Å². The average Bonchev–Trinajstić information content (AvgIpc) is 2.55. The van der Waals surface area contributed by atoms with Gasteiger partial charge in [-0.05, 0) is 75.5 Å². The van der Waals surface area contributed by atoms with Gasteiger partial charge in [0.1, 0.15) is 5.75 Å². The van der Waals surface area contributed by atoms with Crippen LogP contribution in [0.5, 0.6) is 5.75 Å². The molecule has 0 bridgehead atoms. The van der Waals surface area contributed by atoms with Gasteiger partial charge in [0.25, 0.3) is 0 Å². The first kappa shape index (κ1) is 15.6. The minimum Gasteiger partial charge on any atom is -0.497 e. The van der Waals surface area contributed by atoms with Crippen LogP contribution in [0.15, 0.2) is 24.4 Å². The highest BCUT2D eigenvalue weighted by Gasteiger charge is 2.18. The smallest absolute Gasteiger partial charge is 0.119 e. The number of ether oxygens (including phenoxy) is 1. The molecule has 1 aliphatic heterocycles. The monoisotopic (exact) mass is 318 g/mol. The second-order valence-corrected chi connectivity index (χ2v) is 6.66. The number of rotatable bonds is 4. The van der Waals surface area contributed by atoms with Gasteiger partial charge in [-0.15, -0.1) is 0 Å². The molecular weight excluding hydrogens is 296 g/mol. The number of benzene rings is 1. The molecule has 0 unspecified atom stereocenters. The maximum Gasteiger partial charge on any atom is 0.119 e. The first-order chi connectivity index (χ1) is 10.7. The van der Waals surface area contributed by atoms with Crippen LogP contribution in [0.4, 0.5) is 0 Å². The molecule has 0 spiro atoms. The van der Waals surface area contributed by atoms with E-state index >= 15 is 0 Å². The van der Waals surface area contributed by atoms with E-state index in [1.165, 1.54) is 37.9 Å². The van der Waals surface area contributed by atoms with Gasteiger partial charge in [-0.25, -0.2) is 0 Å². The summed E-state index contributed by atoms with van der Waals surface area (Å²) in [6, 6.07) is 6.01. The summed E-state index contributed by atoms with van der Waals surface area (Å²) in [5.41, 5.74) is 2.20. The van der Waals surface area contributed by atoms with Crippen molar-refractivity contribution >= 4 is 22.5 Å². The summed E-state index contributed by atoms with van der Waals surface area (Å²) in [5.74, 6) is 1.66. The van der Waals surface area contributed by atoms with E-state index < -0.39 is 0 Å². The molecule has 0 aliphatic carbocycles. The summed E-state index contributed by atoms with van der Waals surface area (Å²) >= 11 is 6.43. The number of hydrogen-bond donors (Lipinski definition) is 0. The lowest BCUT2D eigenvalue weighted by molar-refractivity contribution is 0.212. The number of piperidine rings is 1. The molecular formula is C18H23ClN2O. The zero-order valence-corrected chi connectivity index (χ0v) is 14.1. The van der Waals surface area contributed by atoms with Crippen molar-refractivity contribution in [2.24, 2.45) is 5.92 Å². The van der Waals surface area contributed by atoms with E-state index in [9.17, 15) is 0 Å². The van der Waals surface area contributed by atoms with Crippen LogP contribution in [0.25, 0.3) is 10.9 Å². The summed E-state index contributed by atoms with van der Waals surface area (Å²) in [5, 5.41) is 1.90. The van der Waals surface area contributed by atoms with Crippen molar-refractivity contribution in [1.29, 1.82) is 0 Å². The van der Waals surface area contributed by atoms with Crippen LogP contribution in [0.3, 0.4) is 0 Å². The molecule has 1 aromatic carbocycles. The zero-order chi connectivity index (χ0) is 15.5. The minimum atomic E-state index is 0.772.